The van der Waals surface area contributed by atoms with Crippen LogP contribution in [0, 0.1) is 0 Å². The van der Waals surface area contributed by atoms with Crippen LogP contribution < -0.4 is 10.5 Å². The molecule has 0 spiro atoms. The Kier molecular flexibility index (Phi) is 4.59. The van der Waals surface area contributed by atoms with Crippen molar-refractivity contribution < 1.29 is 9.15 Å². The molecule has 0 aliphatic rings. The predicted octanol–water partition coefficient (Wildman–Crippen LogP) is 4.05. The Morgan fingerprint density at radius 1 is 1.09 bits per heavy atom. The minimum absolute atomic E-state index is 0.0430. The number of nitrogens with two attached hydrogens (primary N) is 1. The average molecular weight is 328 g/mol. The highest BCUT2D eigenvalue weighted by Gasteiger charge is 2.01. The van der Waals surface area contributed by atoms with Gasteiger partial charge in [0.2, 0.25) is 5.89 Å². The number of halogens is 1. The zero-order chi connectivity index (χ0) is 16.1. The number of nitrogens with zero attached hydrogens (tertiary/aromatic N) is 2. The van der Waals surface area contributed by atoms with Crippen LogP contribution in [0.4, 0.5) is 6.01 Å². The van der Waals surface area contributed by atoms with Crippen LogP contribution in [0.2, 0.25) is 5.02 Å². The molecule has 2 N–H and O–H groups in total. The summed E-state index contributed by atoms with van der Waals surface area (Å²) >= 11 is 6.12. The first-order valence-electron chi connectivity index (χ1n) is 6.94. The van der Waals surface area contributed by atoms with Crippen molar-refractivity contribution in [2.24, 2.45) is 0 Å². The van der Waals surface area contributed by atoms with Gasteiger partial charge in [-0.05, 0) is 29.8 Å². The third-order valence-electron chi connectivity index (χ3n) is 3.08. The molecule has 6 heteroatoms. The van der Waals surface area contributed by atoms with Crippen molar-refractivity contribution in [1.29, 1.82) is 0 Å². The molecule has 5 nitrogen and oxygen atoms in total. The fourth-order valence-corrected chi connectivity index (χ4v) is 2.16. The largest absolute Gasteiger partial charge is 0.489 e. The molecule has 116 valence electrons. The van der Waals surface area contributed by atoms with E-state index in [1.165, 1.54) is 0 Å². The number of rotatable bonds is 5. The molecule has 0 saturated carbocycles. The molecule has 0 unspecified atom stereocenters. The van der Waals surface area contributed by atoms with Gasteiger partial charge in [-0.3, -0.25) is 0 Å². The summed E-state index contributed by atoms with van der Waals surface area (Å²) in [6.45, 7) is 0.410. The van der Waals surface area contributed by atoms with Gasteiger partial charge in [-0.2, -0.15) is 0 Å². The van der Waals surface area contributed by atoms with Gasteiger partial charge in [-0.15, -0.1) is 5.10 Å². The summed E-state index contributed by atoms with van der Waals surface area (Å²) in [5, 5.41) is 8.05. The first-order chi connectivity index (χ1) is 11.2. The van der Waals surface area contributed by atoms with Crippen molar-refractivity contribution in [3.05, 3.63) is 70.6 Å². The molecule has 0 atom stereocenters. The third kappa shape index (κ3) is 4.11. The monoisotopic (exact) mass is 327 g/mol. The summed E-state index contributed by atoms with van der Waals surface area (Å²) in [4.78, 5) is 0. The van der Waals surface area contributed by atoms with E-state index in [-0.39, 0.29) is 6.01 Å². The molecule has 3 rings (SSSR count). The molecular formula is C17H14ClN3O2. The highest BCUT2D eigenvalue weighted by atomic mass is 35.5. The van der Waals surface area contributed by atoms with E-state index in [0.717, 1.165) is 16.9 Å². The van der Waals surface area contributed by atoms with Crippen LogP contribution in [0.3, 0.4) is 0 Å². The lowest BCUT2D eigenvalue weighted by Gasteiger charge is -2.08. The van der Waals surface area contributed by atoms with Gasteiger partial charge in [0.05, 0.1) is 0 Å². The first kappa shape index (κ1) is 15.1. The minimum atomic E-state index is 0.0430. The van der Waals surface area contributed by atoms with Gasteiger partial charge in [0.25, 0.3) is 0 Å². The van der Waals surface area contributed by atoms with Gasteiger partial charge in [0, 0.05) is 16.7 Å². The van der Waals surface area contributed by atoms with Crippen molar-refractivity contribution in [2.75, 3.05) is 5.73 Å². The maximum absolute atomic E-state index is 6.12. The fourth-order valence-electron chi connectivity index (χ4n) is 1.97. The molecule has 0 aliphatic carbocycles. The van der Waals surface area contributed by atoms with Crippen LogP contribution in [-0.4, -0.2) is 10.2 Å². The van der Waals surface area contributed by atoms with E-state index in [1.807, 2.05) is 54.6 Å². The lowest BCUT2D eigenvalue weighted by molar-refractivity contribution is 0.306. The molecule has 0 aliphatic heterocycles. The normalized spacial score (nSPS) is 11.0. The predicted molar refractivity (Wildman–Crippen MR) is 89.9 cm³/mol. The van der Waals surface area contributed by atoms with Crippen molar-refractivity contribution >= 4 is 29.8 Å². The SMILES string of the molecule is Nc1nnc(/C=C/c2cccc(OCc3ccccc3Cl)c2)o1. The summed E-state index contributed by atoms with van der Waals surface area (Å²) in [6.07, 6.45) is 3.53. The molecule has 1 heterocycles. The highest BCUT2D eigenvalue weighted by molar-refractivity contribution is 6.31. The van der Waals surface area contributed by atoms with Crippen LogP contribution in [0.15, 0.2) is 52.9 Å². The van der Waals surface area contributed by atoms with E-state index in [9.17, 15) is 0 Å². The Hall–Kier alpha value is -2.79. The van der Waals surface area contributed by atoms with Crippen LogP contribution in [0.1, 0.15) is 17.0 Å². The third-order valence-corrected chi connectivity index (χ3v) is 3.45. The number of ether oxygens (including phenoxy) is 1. The van der Waals surface area contributed by atoms with Crippen LogP contribution >= 0.6 is 11.6 Å². The Bertz CT molecular complexity index is 830. The second-order valence-corrected chi connectivity index (χ2v) is 5.17. The summed E-state index contributed by atoms with van der Waals surface area (Å²) in [5.74, 6) is 1.10. The average Bonchev–Trinajstić information content (AvgIpc) is 2.98. The number of anilines is 1. The molecule has 0 bridgehead atoms. The topological polar surface area (TPSA) is 74.2 Å². The first-order valence-corrected chi connectivity index (χ1v) is 7.32. The van der Waals surface area contributed by atoms with E-state index >= 15 is 0 Å². The Morgan fingerprint density at radius 3 is 2.74 bits per heavy atom. The van der Waals surface area contributed by atoms with Gasteiger partial charge >= 0.3 is 6.01 Å². The minimum Gasteiger partial charge on any atom is -0.489 e. The van der Waals surface area contributed by atoms with E-state index in [1.54, 1.807) is 6.08 Å². The molecule has 2 aromatic carbocycles. The maximum Gasteiger partial charge on any atom is 0.313 e. The van der Waals surface area contributed by atoms with Gasteiger partial charge in [-0.1, -0.05) is 47.0 Å². The number of aromatic nitrogens is 2. The zero-order valence-corrected chi connectivity index (χ0v) is 12.9. The smallest absolute Gasteiger partial charge is 0.313 e. The van der Waals surface area contributed by atoms with Gasteiger partial charge in [-0.25, -0.2) is 0 Å². The summed E-state index contributed by atoms with van der Waals surface area (Å²) in [5.41, 5.74) is 7.26. The van der Waals surface area contributed by atoms with Crippen molar-refractivity contribution in [3.63, 3.8) is 0 Å². The lowest BCUT2D eigenvalue weighted by atomic mass is 10.2. The van der Waals surface area contributed by atoms with Crippen molar-refractivity contribution in [1.82, 2.24) is 10.2 Å². The molecule has 0 amide bonds. The van der Waals surface area contributed by atoms with E-state index < -0.39 is 0 Å². The summed E-state index contributed by atoms with van der Waals surface area (Å²) < 4.78 is 10.9. The Balaban J connectivity index is 1.68. The maximum atomic E-state index is 6.12. The highest BCUT2D eigenvalue weighted by Crippen LogP contribution is 2.20. The number of benzene rings is 2. The molecule has 0 radical (unpaired) electrons. The van der Waals surface area contributed by atoms with Crippen molar-refractivity contribution in [2.45, 2.75) is 6.61 Å². The molecule has 0 fully saturated rings. The molecule has 3 aromatic rings. The number of hydrogen-bond acceptors (Lipinski definition) is 5. The zero-order valence-electron chi connectivity index (χ0n) is 12.1. The summed E-state index contributed by atoms with van der Waals surface area (Å²) in [6, 6.07) is 15.3. The molecule has 1 aromatic heterocycles. The van der Waals surface area contributed by atoms with E-state index in [0.29, 0.717) is 17.5 Å². The van der Waals surface area contributed by atoms with Gasteiger partial charge in [0.15, 0.2) is 0 Å². The second kappa shape index (κ2) is 6.98. The van der Waals surface area contributed by atoms with Crippen LogP contribution in [0.5, 0.6) is 5.75 Å². The van der Waals surface area contributed by atoms with Crippen LogP contribution in [0.25, 0.3) is 12.2 Å². The lowest BCUT2D eigenvalue weighted by Crippen LogP contribution is -1.96. The van der Waals surface area contributed by atoms with Gasteiger partial charge in [0.1, 0.15) is 12.4 Å². The Labute approximate surface area is 138 Å². The van der Waals surface area contributed by atoms with E-state index in [4.69, 9.17) is 26.5 Å². The fraction of sp³-hybridized carbons (Fsp3) is 0.0588. The molecular weight excluding hydrogens is 314 g/mol. The number of hydrogen-bond donors (Lipinski definition) is 1. The standard InChI is InChI=1S/C17H14ClN3O2/c18-15-7-2-1-5-13(15)11-22-14-6-3-4-12(10-14)8-9-16-20-21-17(19)23-16/h1-10H,11H2,(H2,19,21)/b9-8+. The van der Waals surface area contributed by atoms with E-state index in [2.05, 4.69) is 10.2 Å². The number of nitrogen functional groups attached to an aromatic ring is 1. The molecule has 23 heavy (non-hydrogen) atoms. The summed E-state index contributed by atoms with van der Waals surface area (Å²) in [7, 11) is 0. The second-order valence-electron chi connectivity index (χ2n) is 4.76. The van der Waals surface area contributed by atoms with Crippen molar-refractivity contribution in [3.8, 4) is 5.75 Å². The van der Waals surface area contributed by atoms with Crippen LogP contribution in [-0.2, 0) is 6.61 Å². The Morgan fingerprint density at radius 2 is 1.96 bits per heavy atom. The van der Waals surface area contributed by atoms with Gasteiger partial charge < -0.3 is 14.9 Å². The molecule has 0 saturated heterocycles. The quantitative estimate of drug-likeness (QED) is 0.765.